The van der Waals surface area contributed by atoms with Crippen molar-refractivity contribution in [2.24, 2.45) is 0 Å². The maximum atomic E-state index is 9.94. The van der Waals surface area contributed by atoms with Crippen LogP contribution < -0.4 is 0 Å². The molecular formula is C4H6KO3. The summed E-state index contributed by atoms with van der Waals surface area (Å²) >= 11 is 0. The minimum atomic E-state index is -0.792. The van der Waals surface area contributed by atoms with E-state index in [1.54, 1.807) is 0 Å². The standard InChI is InChI=1S/C4H6O3.K/c1-3(5)4(6)7-2;/h1-2H3;. The first kappa shape index (κ1) is 11.6. The number of hydrogen-bond acceptors (Lipinski definition) is 3. The zero-order valence-electron chi connectivity index (χ0n) is 5.22. The average molecular weight is 141 g/mol. The summed E-state index contributed by atoms with van der Waals surface area (Å²) < 4.78 is 4.02. The minimum absolute atomic E-state index is 0. The number of Topliss-reactive ketones (excluding diaryl/α,β-unsaturated/α-hetero) is 1. The number of hydrogen-bond donors (Lipinski definition) is 0. The number of ketones is 1. The first-order chi connectivity index (χ1) is 3.18. The van der Waals surface area contributed by atoms with Crippen molar-refractivity contribution in [1.29, 1.82) is 0 Å². The third-order valence-electron chi connectivity index (χ3n) is 0.473. The first-order valence-electron chi connectivity index (χ1n) is 1.77. The van der Waals surface area contributed by atoms with Crippen LogP contribution in [-0.2, 0) is 14.3 Å². The summed E-state index contributed by atoms with van der Waals surface area (Å²) in [6.45, 7) is 1.16. The van der Waals surface area contributed by atoms with Crippen LogP contribution in [0.5, 0.6) is 0 Å². The first-order valence-corrected chi connectivity index (χ1v) is 1.77. The van der Waals surface area contributed by atoms with Gasteiger partial charge in [0.05, 0.1) is 7.11 Å². The van der Waals surface area contributed by atoms with E-state index in [1.165, 1.54) is 7.11 Å². The Morgan fingerprint density at radius 2 is 1.75 bits per heavy atom. The molecule has 0 heterocycles. The molecule has 0 aliphatic carbocycles. The predicted molar refractivity (Wildman–Crippen MR) is 28.5 cm³/mol. The molecule has 0 N–H and O–H groups in total. The normalized spacial score (nSPS) is 6.75. The van der Waals surface area contributed by atoms with Crippen LogP contribution in [0.4, 0.5) is 0 Å². The van der Waals surface area contributed by atoms with Gasteiger partial charge in [-0.1, -0.05) is 0 Å². The van der Waals surface area contributed by atoms with Crippen LogP contribution in [-0.4, -0.2) is 70.2 Å². The van der Waals surface area contributed by atoms with Gasteiger partial charge in [-0.3, -0.25) is 4.79 Å². The van der Waals surface area contributed by atoms with Gasteiger partial charge in [0, 0.05) is 58.3 Å². The van der Waals surface area contributed by atoms with Crippen LogP contribution in [0, 0.1) is 0 Å². The van der Waals surface area contributed by atoms with Gasteiger partial charge < -0.3 is 4.74 Å². The second kappa shape index (κ2) is 5.90. The average Bonchev–Trinajstić information content (AvgIpc) is 1.65. The summed E-state index contributed by atoms with van der Waals surface area (Å²) in [6, 6.07) is 0. The molecule has 3 nitrogen and oxygen atoms in total. The van der Waals surface area contributed by atoms with E-state index in [2.05, 4.69) is 4.74 Å². The molecule has 41 valence electrons. The quantitative estimate of drug-likeness (QED) is 0.277. The SMILES string of the molecule is COC(=O)C(C)=O.[K]. The molecule has 0 aromatic heterocycles. The van der Waals surface area contributed by atoms with Crippen molar-refractivity contribution >= 4 is 63.1 Å². The maximum Gasteiger partial charge on any atom is 0.374 e. The molecule has 0 bridgehead atoms. The van der Waals surface area contributed by atoms with Crippen LogP contribution in [0.3, 0.4) is 0 Å². The van der Waals surface area contributed by atoms with Crippen molar-refractivity contribution in [3.05, 3.63) is 0 Å². The van der Waals surface area contributed by atoms with E-state index >= 15 is 0 Å². The Morgan fingerprint density at radius 3 is 1.75 bits per heavy atom. The summed E-state index contributed by atoms with van der Waals surface area (Å²) in [7, 11) is 1.17. The fourth-order valence-electron chi connectivity index (χ4n) is 0.144. The number of esters is 1. The van der Waals surface area contributed by atoms with Gasteiger partial charge in [-0.05, 0) is 0 Å². The van der Waals surface area contributed by atoms with Crippen molar-refractivity contribution in [2.75, 3.05) is 7.11 Å². The van der Waals surface area contributed by atoms with Gasteiger partial charge in [0.2, 0.25) is 5.78 Å². The Kier molecular flexibility index (Phi) is 8.53. The predicted octanol–water partition coefficient (Wildman–Crippen LogP) is -0.632. The van der Waals surface area contributed by atoms with Gasteiger partial charge in [-0.15, -0.1) is 0 Å². The molecule has 0 saturated carbocycles. The maximum absolute atomic E-state index is 9.94. The monoisotopic (exact) mass is 141 g/mol. The smallest absolute Gasteiger partial charge is 0.374 e. The molecule has 0 aliphatic heterocycles. The number of rotatable bonds is 1. The molecule has 0 unspecified atom stereocenters. The molecule has 8 heavy (non-hydrogen) atoms. The van der Waals surface area contributed by atoms with E-state index in [1.807, 2.05) is 0 Å². The van der Waals surface area contributed by atoms with Crippen LogP contribution in [0.1, 0.15) is 6.92 Å². The topological polar surface area (TPSA) is 43.4 Å². The summed E-state index contributed by atoms with van der Waals surface area (Å²) in [5.41, 5.74) is 0. The molecule has 0 aliphatic rings. The summed E-state index contributed by atoms with van der Waals surface area (Å²) in [6.07, 6.45) is 0. The number of ether oxygens (including phenoxy) is 1. The van der Waals surface area contributed by atoms with Gasteiger partial charge >= 0.3 is 5.97 Å². The zero-order chi connectivity index (χ0) is 5.86. The van der Waals surface area contributed by atoms with Gasteiger partial charge in [0.25, 0.3) is 0 Å². The molecule has 0 rings (SSSR count). The third kappa shape index (κ3) is 4.92. The van der Waals surface area contributed by atoms with Gasteiger partial charge in [-0.2, -0.15) is 0 Å². The fourth-order valence-corrected chi connectivity index (χ4v) is 0.144. The molecule has 0 aromatic carbocycles. The molecule has 1 radical (unpaired) electrons. The molecule has 0 aromatic rings. The van der Waals surface area contributed by atoms with Gasteiger partial charge in [-0.25, -0.2) is 4.79 Å². The Hall–Kier alpha value is 0.776. The van der Waals surface area contributed by atoms with Crippen molar-refractivity contribution in [3.63, 3.8) is 0 Å². The van der Waals surface area contributed by atoms with Crippen molar-refractivity contribution in [2.45, 2.75) is 6.92 Å². The summed E-state index contributed by atoms with van der Waals surface area (Å²) in [5, 5.41) is 0. The van der Waals surface area contributed by atoms with E-state index in [4.69, 9.17) is 0 Å². The molecule has 0 amide bonds. The molecule has 0 atom stereocenters. The molecule has 0 fully saturated rings. The van der Waals surface area contributed by atoms with Crippen molar-refractivity contribution in [3.8, 4) is 0 Å². The Balaban J connectivity index is 0. The van der Waals surface area contributed by atoms with E-state index in [-0.39, 0.29) is 51.4 Å². The second-order valence-corrected chi connectivity index (χ2v) is 1.05. The summed E-state index contributed by atoms with van der Waals surface area (Å²) in [4.78, 5) is 19.8. The third-order valence-corrected chi connectivity index (χ3v) is 0.473. The van der Waals surface area contributed by atoms with Crippen LogP contribution in [0.25, 0.3) is 0 Å². The van der Waals surface area contributed by atoms with Gasteiger partial charge in [0.15, 0.2) is 0 Å². The van der Waals surface area contributed by atoms with Crippen molar-refractivity contribution < 1.29 is 14.3 Å². The molecular weight excluding hydrogens is 135 g/mol. The zero-order valence-corrected chi connectivity index (χ0v) is 8.35. The van der Waals surface area contributed by atoms with Crippen LogP contribution >= 0.6 is 0 Å². The second-order valence-electron chi connectivity index (χ2n) is 1.05. The Bertz CT molecular complexity index is 99.5. The van der Waals surface area contributed by atoms with E-state index in [9.17, 15) is 9.59 Å². The largest absolute Gasteiger partial charge is 0.463 e. The van der Waals surface area contributed by atoms with Crippen molar-refractivity contribution in [1.82, 2.24) is 0 Å². The van der Waals surface area contributed by atoms with E-state index < -0.39 is 11.8 Å². The Labute approximate surface area is 90.2 Å². The van der Waals surface area contributed by atoms with Crippen LogP contribution in [0.15, 0.2) is 0 Å². The molecule has 0 saturated heterocycles. The number of methoxy groups -OCH3 is 1. The minimum Gasteiger partial charge on any atom is -0.463 e. The molecule has 4 heteroatoms. The van der Waals surface area contributed by atoms with E-state index in [0.717, 1.165) is 6.92 Å². The Morgan fingerprint density at radius 1 is 1.38 bits per heavy atom. The number of carbonyl (C=O) groups is 2. The van der Waals surface area contributed by atoms with Gasteiger partial charge in [0.1, 0.15) is 0 Å². The van der Waals surface area contributed by atoms with Crippen LogP contribution in [0.2, 0.25) is 0 Å². The fraction of sp³-hybridized carbons (Fsp3) is 0.500. The molecule has 0 spiro atoms. The van der Waals surface area contributed by atoms with E-state index in [0.29, 0.717) is 0 Å². The number of carbonyl (C=O) groups excluding carboxylic acids is 2. The summed E-state index contributed by atoms with van der Waals surface area (Å²) in [5.74, 6) is -1.36.